The second-order valence-corrected chi connectivity index (χ2v) is 3.00. The van der Waals surface area contributed by atoms with Gasteiger partial charge in [-0.15, -0.1) is 0 Å². The van der Waals surface area contributed by atoms with Gasteiger partial charge < -0.3 is 4.74 Å². The molecular formula is C11H12O. The van der Waals surface area contributed by atoms with E-state index in [2.05, 4.69) is 24.3 Å². The van der Waals surface area contributed by atoms with Crippen molar-refractivity contribution in [3.63, 3.8) is 0 Å². The summed E-state index contributed by atoms with van der Waals surface area (Å²) in [6.45, 7) is 0.944. The van der Waals surface area contributed by atoms with Crippen LogP contribution in [0.2, 0.25) is 0 Å². The van der Waals surface area contributed by atoms with Gasteiger partial charge in [-0.1, -0.05) is 42.5 Å². The van der Waals surface area contributed by atoms with Gasteiger partial charge >= 0.3 is 0 Å². The molecule has 1 unspecified atom stereocenters. The number of hydrogen-bond donors (Lipinski definition) is 0. The molecule has 2 rings (SSSR count). The molecule has 1 aromatic rings. The van der Waals surface area contributed by atoms with Gasteiger partial charge in [0.15, 0.2) is 0 Å². The van der Waals surface area contributed by atoms with Crippen molar-refractivity contribution in [1.29, 1.82) is 0 Å². The van der Waals surface area contributed by atoms with Crippen molar-refractivity contribution >= 4 is 6.08 Å². The van der Waals surface area contributed by atoms with E-state index in [1.807, 2.05) is 18.2 Å². The lowest BCUT2D eigenvalue weighted by Crippen LogP contribution is -1.78. The normalized spacial score (nSPS) is 21.5. The number of rotatable bonds is 3. The SMILES string of the molecule is C(=Cc1ccccc1)CC1CO1. The second kappa shape index (κ2) is 3.55. The minimum absolute atomic E-state index is 0.505. The maximum Gasteiger partial charge on any atom is 0.0844 e. The van der Waals surface area contributed by atoms with Crippen LogP contribution in [0.1, 0.15) is 12.0 Å². The maximum atomic E-state index is 5.10. The van der Waals surface area contributed by atoms with Crippen LogP contribution in [0.25, 0.3) is 6.08 Å². The van der Waals surface area contributed by atoms with E-state index >= 15 is 0 Å². The van der Waals surface area contributed by atoms with E-state index < -0.39 is 0 Å². The van der Waals surface area contributed by atoms with Crippen LogP contribution in [0, 0.1) is 0 Å². The summed E-state index contributed by atoms with van der Waals surface area (Å²) in [5.41, 5.74) is 1.26. The molecule has 0 radical (unpaired) electrons. The number of ether oxygens (including phenoxy) is 1. The number of epoxide rings is 1. The zero-order valence-corrected chi connectivity index (χ0v) is 6.94. The molecular weight excluding hydrogens is 148 g/mol. The van der Waals surface area contributed by atoms with E-state index in [9.17, 15) is 0 Å². The minimum Gasteiger partial charge on any atom is -0.373 e. The summed E-state index contributed by atoms with van der Waals surface area (Å²) in [6, 6.07) is 10.3. The van der Waals surface area contributed by atoms with Crippen molar-refractivity contribution in [1.82, 2.24) is 0 Å². The largest absolute Gasteiger partial charge is 0.373 e. The van der Waals surface area contributed by atoms with Crippen LogP contribution in [0.5, 0.6) is 0 Å². The highest BCUT2D eigenvalue weighted by atomic mass is 16.6. The average Bonchev–Trinajstić information content (AvgIpc) is 2.90. The minimum atomic E-state index is 0.505. The molecule has 1 aliphatic rings. The van der Waals surface area contributed by atoms with E-state index in [4.69, 9.17) is 4.74 Å². The van der Waals surface area contributed by atoms with Gasteiger partial charge in [-0.05, 0) is 12.0 Å². The van der Waals surface area contributed by atoms with Crippen LogP contribution in [-0.4, -0.2) is 12.7 Å². The topological polar surface area (TPSA) is 12.5 Å². The molecule has 0 aromatic heterocycles. The Morgan fingerprint density at radius 1 is 1.33 bits per heavy atom. The molecule has 1 fully saturated rings. The Kier molecular flexibility index (Phi) is 2.23. The fourth-order valence-corrected chi connectivity index (χ4v) is 1.12. The molecule has 1 heteroatoms. The molecule has 12 heavy (non-hydrogen) atoms. The van der Waals surface area contributed by atoms with E-state index in [1.165, 1.54) is 5.56 Å². The zero-order chi connectivity index (χ0) is 8.23. The van der Waals surface area contributed by atoms with Crippen LogP contribution < -0.4 is 0 Å². The van der Waals surface area contributed by atoms with Gasteiger partial charge in [-0.2, -0.15) is 0 Å². The fourth-order valence-electron chi connectivity index (χ4n) is 1.12. The van der Waals surface area contributed by atoms with Gasteiger partial charge in [0.1, 0.15) is 0 Å². The van der Waals surface area contributed by atoms with Gasteiger partial charge in [0, 0.05) is 0 Å². The molecule has 0 saturated carbocycles. The molecule has 1 heterocycles. The standard InChI is InChI=1S/C11H12O/c1-2-5-10(6-3-1)7-4-8-11-9-12-11/h1-7,11H,8-9H2. The van der Waals surface area contributed by atoms with Gasteiger partial charge in [0.05, 0.1) is 12.7 Å². The first-order chi connectivity index (χ1) is 5.95. The third-order valence-electron chi connectivity index (χ3n) is 1.91. The molecule has 0 aliphatic carbocycles. The predicted molar refractivity (Wildman–Crippen MR) is 49.8 cm³/mol. The fraction of sp³-hybridized carbons (Fsp3) is 0.273. The van der Waals surface area contributed by atoms with Crippen molar-refractivity contribution in [3.05, 3.63) is 42.0 Å². The van der Waals surface area contributed by atoms with Crippen LogP contribution in [-0.2, 0) is 4.74 Å². The Labute approximate surface area is 72.7 Å². The third kappa shape index (κ3) is 2.21. The summed E-state index contributed by atoms with van der Waals surface area (Å²) in [5.74, 6) is 0. The van der Waals surface area contributed by atoms with Gasteiger partial charge in [0.2, 0.25) is 0 Å². The molecule has 0 N–H and O–H groups in total. The van der Waals surface area contributed by atoms with E-state index in [1.54, 1.807) is 0 Å². The molecule has 0 spiro atoms. The van der Waals surface area contributed by atoms with Crippen molar-refractivity contribution in [3.8, 4) is 0 Å². The van der Waals surface area contributed by atoms with Crippen LogP contribution in [0.4, 0.5) is 0 Å². The molecule has 1 saturated heterocycles. The summed E-state index contributed by atoms with van der Waals surface area (Å²) < 4.78 is 5.10. The van der Waals surface area contributed by atoms with Crippen molar-refractivity contribution in [2.75, 3.05) is 6.61 Å². The van der Waals surface area contributed by atoms with Crippen LogP contribution in [0.15, 0.2) is 36.4 Å². The summed E-state index contributed by atoms with van der Waals surface area (Å²) in [6.07, 6.45) is 5.87. The first-order valence-electron chi connectivity index (χ1n) is 4.28. The van der Waals surface area contributed by atoms with E-state index in [-0.39, 0.29) is 0 Å². The van der Waals surface area contributed by atoms with Crippen molar-refractivity contribution in [2.45, 2.75) is 12.5 Å². The molecule has 1 nitrogen and oxygen atoms in total. The Morgan fingerprint density at radius 2 is 2.08 bits per heavy atom. The Bertz CT molecular complexity index is 260. The summed E-state index contributed by atoms with van der Waals surface area (Å²) in [4.78, 5) is 0. The molecule has 1 aliphatic heterocycles. The Morgan fingerprint density at radius 3 is 2.75 bits per heavy atom. The predicted octanol–water partition coefficient (Wildman–Crippen LogP) is 2.49. The van der Waals surface area contributed by atoms with Gasteiger partial charge in [-0.3, -0.25) is 0 Å². The third-order valence-corrected chi connectivity index (χ3v) is 1.91. The molecule has 62 valence electrons. The van der Waals surface area contributed by atoms with E-state index in [0.29, 0.717) is 6.10 Å². The average molecular weight is 160 g/mol. The maximum absolute atomic E-state index is 5.10. The highest BCUT2D eigenvalue weighted by molar-refractivity contribution is 5.48. The number of hydrogen-bond acceptors (Lipinski definition) is 1. The molecule has 1 atom stereocenters. The van der Waals surface area contributed by atoms with Crippen molar-refractivity contribution < 1.29 is 4.74 Å². The zero-order valence-electron chi connectivity index (χ0n) is 6.94. The van der Waals surface area contributed by atoms with Crippen LogP contribution >= 0.6 is 0 Å². The van der Waals surface area contributed by atoms with Crippen LogP contribution in [0.3, 0.4) is 0 Å². The molecule has 0 amide bonds. The first kappa shape index (κ1) is 7.56. The summed E-state index contributed by atoms with van der Waals surface area (Å²) in [5, 5.41) is 0. The molecule has 1 aromatic carbocycles. The van der Waals surface area contributed by atoms with E-state index in [0.717, 1.165) is 13.0 Å². The quantitative estimate of drug-likeness (QED) is 0.619. The lowest BCUT2D eigenvalue weighted by molar-refractivity contribution is 0.410. The highest BCUT2D eigenvalue weighted by Gasteiger charge is 2.19. The smallest absolute Gasteiger partial charge is 0.0844 e. The van der Waals surface area contributed by atoms with Gasteiger partial charge in [-0.25, -0.2) is 0 Å². The highest BCUT2D eigenvalue weighted by Crippen LogP contribution is 2.14. The second-order valence-electron chi connectivity index (χ2n) is 3.00. The van der Waals surface area contributed by atoms with Crippen molar-refractivity contribution in [2.24, 2.45) is 0 Å². The Balaban J connectivity index is 1.89. The lowest BCUT2D eigenvalue weighted by atomic mass is 10.2. The Hall–Kier alpha value is -1.08. The summed E-state index contributed by atoms with van der Waals surface area (Å²) >= 11 is 0. The summed E-state index contributed by atoms with van der Waals surface area (Å²) in [7, 11) is 0. The lowest BCUT2D eigenvalue weighted by Gasteiger charge is -1.89. The monoisotopic (exact) mass is 160 g/mol. The first-order valence-corrected chi connectivity index (χ1v) is 4.28. The molecule has 0 bridgehead atoms. The number of benzene rings is 1. The van der Waals surface area contributed by atoms with Gasteiger partial charge in [0.25, 0.3) is 0 Å².